The van der Waals surface area contributed by atoms with Crippen LogP contribution in [0.2, 0.25) is 0 Å². The van der Waals surface area contributed by atoms with E-state index in [1.165, 1.54) is 12.1 Å². The third-order valence-electron chi connectivity index (χ3n) is 2.00. The molecule has 0 saturated carbocycles. The van der Waals surface area contributed by atoms with Crippen molar-refractivity contribution in [2.24, 2.45) is 0 Å². The zero-order valence-electron chi connectivity index (χ0n) is 7.13. The van der Waals surface area contributed by atoms with Crippen LogP contribution in [0.25, 0.3) is 0 Å². The van der Waals surface area contributed by atoms with E-state index in [2.05, 4.69) is 0 Å². The Kier molecular flexibility index (Phi) is 3.23. The molecular weight excluding hydrogens is 155 g/mol. The summed E-state index contributed by atoms with van der Waals surface area (Å²) in [6.07, 6.45) is 0.728. The second-order valence-corrected chi connectivity index (χ2v) is 2.96. The van der Waals surface area contributed by atoms with Crippen molar-refractivity contribution in [1.82, 2.24) is 0 Å². The minimum Gasteiger partial charge on any atom is -0.396 e. The summed E-state index contributed by atoms with van der Waals surface area (Å²) < 4.78 is 12.5. The fourth-order valence-corrected chi connectivity index (χ4v) is 1.15. The van der Waals surface area contributed by atoms with Crippen LogP contribution in [0.4, 0.5) is 4.39 Å². The van der Waals surface area contributed by atoms with Crippen molar-refractivity contribution in [3.8, 4) is 0 Å². The number of hydrogen-bond acceptors (Lipinski definition) is 1. The van der Waals surface area contributed by atoms with Crippen molar-refractivity contribution in [1.29, 1.82) is 0 Å². The second-order valence-electron chi connectivity index (χ2n) is 2.96. The molecule has 1 unspecified atom stereocenters. The van der Waals surface area contributed by atoms with Crippen LogP contribution in [-0.2, 0) is 0 Å². The van der Waals surface area contributed by atoms with Gasteiger partial charge in [-0.1, -0.05) is 19.1 Å². The van der Waals surface area contributed by atoms with E-state index in [4.69, 9.17) is 5.11 Å². The first-order chi connectivity index (χ1) is 5.74. The van der Waals surface area contributed by atoms with Crippen LogP contribution >= 0.6 is 0 Å². The number of aliphatic hydroxyl groups is 1. The van der Waals surface area contributed by atoms with E-state index in [1.54, 1.807) is 12.1 Å². The molecule has 1 N–H and O–H groups in total. The molecule has 0 aromatic heterocycles. The third-order valence-corrected chi connectivity index (χ3v) is 2.00. The van der Waals surface area contributed by atoms with Crippen LogP contribution in [0.5, 0.6) is 0 Å². The first-order valence-corrected chi connectivity index (χ1v) is 4.10. The molecule has 0 amide bonds. The van der Waals surface area contributed by atoms with Crippen LogP contribution in [0.1, 0.15) is 24.8 Å². The Hall–Kier alpha value is -0.890. The number of rotatable bonds is 3. The molecule has 1 rings (SSSR count). The highest BCUT2D eigenvalue weighted by molar-refractivity contribution is 5.19. The largest absolute Gasteiger partial charge is 0.396 e. The van der Waals surface area contributed by atoms with Gasteiger partial charge in [-0.2, -0.15) is 0 Å². The van der Waals surface area contributed by atoms with Crippen LogP contribution in [0.3, 0.4) is 0 Å². The Morgan fingerprint density at radius 2 is 1.92 bits per heavy atom. The monoisotopic (exact) mass is 168 g/mol. The number of benzene rings is 1. The van der Waals surface area contributed by atoms with Gasteiger partial charge in [-0.3, -0.25) is 0 Å². The molecule has 66 valence electrons. The Bertz CT molecular complexity index is 230. The van der Waals surface area contributed by atoms with Crippen LogP contribution in [0, 0.1) is 5.82 Å². The van der Waals surface area contributed by atoms with Gasteiger partial charge in [0.05, 0.1) is 0 Å². The third kappa shape index (κ3) is 2.31. The van der Waals surface area contributed by atoms with Crippen molar-refractivity contribution in [3.05, 3.63) is 35.6 Å². The van der Waals surface area contributed by atoms with Gasteiger partial charge in [0, 0.05) is 6.61 Å². The maximum absolute atomic E-state index is 12.5. The van der Waals surface area contributed by atoms with Gasteiger partial charge in [-0.15, -0.1) is 0 Å². The molecule has 0 aliphatic carbocycles. The Morgan fingerprint density at radius 1 is 1.33 bits per heavy atom. The standard InChI is InChI=1S/C10H13FO/c1-8(6-7-12)9-2-4-10(11)5-3-9/h2-5,8,12H,6-7H2,1H3. The molecule has 0 spiro atoms. The van der Waals surface area contributed by atoms with Crippen LogP contribution in [-0.4, -0.2) is 11.7 Å². The van der Waals surface area contributed by atoms with Gasteiger partial charge >= 0.3 is 0 Å². The van der Waals surface area contributed by atoms with E-state index in [0.29, 0.717) is 5.92 Å². The number of hydrogen-bond donors (Lipinski definition) is 1. The SMILES string of the molecule is CC(CCO)c1ccc(F)cc1. The molecule has 0 bridgehead atoms. The predicted molar refractivity (Wildman–Crippen MR) is 46.5 cm³/mol. The van der Waals surface area contributed by atoms with Gasteiger partial charge in [0.1, 0.15) is 5.82 Å². The van der Waals surface area contributed by atoms with E-state index in [0.717, 1.165) is 12.0 Å². The molecule has 0 radical (unpaired) electrons. The van der Waals surface area contributed by atoms with E-state index in [-0.39, 0.29) is 12.4 Å². The molecule has 1 aromatic carbocycles. The minimum absolute atomic E-state index is 0.179. The lowest BCUT2D eigenvalue weighted by atomic mass is 9.98. The van der Waals surface area contributed by atoms with Crippen molar-refractivity contribution < 1.29 is 9.50 Å². The molecule has 0 aliphatic heterocycles. The molecule has 0 heterocycles. The van der Waals surface area contributed by atoms with Gasteiger partial charge in [0.25, 0.3) is 0 Å². The van der Waals surface area contributed by atoms with Crippen molar-refractivity contribution in [2.75, 3.05) is 6.61 Å². The average Bonchev–Trinajstić information content (AvgIpc) is 2.06. The maximum atomic E-state index is 12.5. The van der Waals surface area contributed by atoms with E-state index in [1.807, 2.05) is 6.92 Å². The van der Waals surface area contributed by atoms with Crippen molar-refractivity contribution in [3.63, 3.8) is 0 Å². The average molecular weight is 168 g/mol. The number of halogens is 1. The van der Waals surface area contributed by atoms with E-state index in [9.17, 15) is 4.39 Å². The van der Waals surface area contributed by atoms with E-state index < -0.39 is 0 Å². The molecule has 1 atom stereocenters. The van der Waals surface area contributed by atoms with Crippen LogP contribution in [0.15, 0.2) is 24.3 Å². The predicted octanol–water partition coefficient (Wildman–Crippen LogP) is 2.31. The quantitative estimate of drug-likeness (QED) is 0.734. The zero-order chi connectivity index (χ0) is 8.97. The van der Waals surface area contributed by atoms with Gasteiger partial charge in [-0.25, -0.2) is 4.39 Å². The summed E-state index contributed by atoms with van der Waals surface area (Å²) in [5.74, 6) is 0.0885. The molecule has 0 saturated heterocycles. The highest BCUT2D eigenvalue weighted by Crippen LogP contribution is 2.18. The lowest BCUT2D eigenvalue weighted by Crippen LogP contribution is -1.96. The summed E-state index contributed by atoms with van der Waals surface area (Å²) in [5.41, 5.74) is 1.07. The van der Waals surface area contributed by atoms with Gasteiger partial charge < -0.3 is 5.11 Å². The highest BCUT2D eigenvalue weighted by Gasteiger charge is 2.03. The fraction of sp³-hybridized carbons (Fsp3) is 0.400. The fourth-order valence-electron chi connectivity index (χ4n) is 1.15. The Balaban J connectivity index is 2.68. The summed E-state index contributed by atoms with van der Waals surface area (Å²) in [6.45, 7) is 2.20. The molecule has 0 aliphatic rings. The van der Waals surface area contributed by atoms with E-state index >= 15 is 0 Å². The van der Waals surface area contributed by atoms with Gasteiger partial charge in [-0.05, 0) is 30.0 Å². The number of aliphatic hydroxyl groups excluding tert-OH is 1. The summed E-state index contributed by atoms with van der Waals surface area (Å²) in [5, 5.41) is 8.68. The van der Waals surface area contributed by atoms with Crippen molar-refractivity contribution >= 4 is 0 Å². The first kappa shape index (κ1) is 9.20. The van der Waals surface area contributed by atoms with Gasteiger partial charge in [0.2, 0.25) is 0 Å². The Labute approximate surface area is 71.9 Å². The molecule has 0 fully saturated rings. The Morgan fingerprint density at radius 3 is 2.42 bits per heavy atom. The lowest BCUT2D eigenvalue weighted by molar-refractivity contribution is 0.278. The highest BCUT2D eigenvalue weighted by atomic mass is 19.1. The van der Waals surface area contributed by atoms with Crippen molar-refractivity contribution in [2.45, 2.75) is 19.3 Å². The molecule has 12 heavy (non-hydrogen) atoms. The summed E-state index contributed by atoms with van der Waals surface area (Å²) in [6, 6.07) is 6.41. The molecule has 2 heteroatoms. The summed E-state index contributed by atoms with van der Waals surface area (Å²) >= 11 is 0. The minimum atomic E-state index is -0.213. The molecule has 1 nitrogen and oxygen atoms in total. The lowest BCUT2D eigenvalue weighted by Gasteiger charge is -2.08. The van der Waals surface area contributed by atoms with Gasteiger partial charge in [0.15, 0.2) is 0 Å². The second kappa shape index (κ2) is 4.21. The maximum Gasteiger partial charge on any atom is 0.123 e. The zero-order valence-corrected chi connectivity index (χ0v) is 7.13. The smallest absolute Gasteiger partial charge is 0.123 e. The summed E-state index contributed by atoms with van der Waals surface area (Å²) in [4.78, 5) is 0. The molecule has 1 aromatic rings. The normalized spacial score (nSPS) is 12.9. The first-order valence-electron chi connectivity index (χ1n) is 4.10. The summed E-state index contributed by atoms with van der Waals surface area (Å²) in [7, 11) is 0. The van der Waals surface area contributed by atoms with Crippen LogP contribution < -0.4 is 0 Å². The topological polar surface area (TPSA) is 20.2 Å². The molecular formula is C10H13FO.